The molecule has 0 amide bonds. The molecule has 0 spiro atoms. The molecule has 15 heavy (non-hydrogen) atoms. The molecule has 0 aliphatic rings. The quantitative estimate of drug-likeness (QED) is 0.812. The van der Waals surface area contributed by atoms with Gasteiger partial charge in [-0.1, -0.05) is 0 Å². The normalized spacial score (nSPS) is 10.3. The Bertz CT molecular complexity index is 450. The zero-order valence-corrected chi connectivity index (χ0v) is 8.31. The van der Waals surface area contributed by atoms with Crippen LogP contribution in [0.2, 0.25) is 0 Å². The van der Waals surface area contributed by atoms with E-state index in [0.29, 0.717) is 0 Å². The molecule has 6 heteroatoms. The molecule has 0 aliphatic carbocycles. The number of aromatic amines is 1. The first-order valence-electron chi connectivity index (χ1n) is 4.06. The molecule has 0 fully saturated rings. The summed E-state index contributed by atoms with van der Waals surface area (Å²) in [5.74, 6) is -0.0688. The van der Waals surface area contributed by atoms with E-state index in [2.05, 4.69) is 0 Å². The van der Waals surface area contributed by atoms with Crippen LogP contribution in [0, 0.1) is 11.3 Å². The number of hydrogen-bond acceptors (Lipinski definition) is 2. The predicted molar refractivity (Wildman–Crippen MR) is 50.9 cm³/mol. The van der Waals surface area contributed by atoms with Gasteiger partial charge in [0.15, 0.2) is 0 Å². The fourth-order valence-corrected chi connectivity index (χ4v) is 1.49. The van der Waals surface area contributed by atoms with Crippen LogP contribution >= 0.6 is 11.6 Å². The van der Waals surface area contributed by atoms with Crippen LogP contribution in [0.4, 0.5) is 8.78 Å². The lowest BCUT2D eigenvalue weighted by Crippen LogP contribution is -2.14. The van der Waals surface area contributed by atoms with Gasteiger partial charge >= 0.3 is 0 Å². The first-order chi connectivity index (χ1) is 7.10. The Morgan fingerprint density at radius 1 is 1.60 bits per heavy atom. The Kier molecular flexibility index (Phi) is 3.81. The Morgan fingerprint density at radius 2 is 2.27 bits per heavy atom. The lowest BCUT2D eigenvalue weighted by molar-refractivity contribution is 0.144. The smallest absolute Gasteiger partial charge is 0.278 e. The molecule has 0 atom stereocenters. The van der Waals surface area contributed by atoms with Gasteiger partial charge in [0.1, 0.15) is 0 Å². The first kappa shape index (κ1) is 11.7. The van der Waals surface area contributed by atoms with Gasteiger partial charge in [-0.15, -0.1) is 11.6 Å². The number of hydrogen-bond donors (Lipinski definition) is 1. The number of alkyl halides is 3. The number of nitrogens with one attached hydrogen (secondary N) is 1. The fourth-order valence-electron chi connectivity index (χ4n) is 1.26. The van der Waals surface area contributed by atoms with Crippen molar-refractivity contribution in [3.63, 3.8) is 0 Å². The highest BCUT2D eigenvalue weighted by Gasteiger charge is 2.17. The summed E-state index contributed by atoms with van der Waals surface area (Å²) in [7, 11) is 0. The van der Waals surface area contributed by atoms with Gasteiger partial charge in [0, 0.05) is 11.9 Å². The van der Waals surface area contributed by atoms with E-state index in [9.17, 15) is 13.6 Å². The standard InChI is InChI=1S/C9H7ClF2N2O/c10-4-5-3-7(15)14-8(9(11)12)6(5)1-2-13/h3,9H,1,4H2,(H,14,15). The third-order valence-corrected chi connectivity index (χ3v) is 2.18. The van der Waals surface area contributed by atoms with Crippen molar-refractivity contribution in [2.75, 3.05) is 0 Å². The van der Waals surface area contributed by atoms with Crippen molar-refractivity contribution in [1.29, 1.82) is 5.26 Å². The third kappa shape index (κ3) is 2.54. The maximum Gasteiger partial charge on any atom is 0.278 e. The molecular weight excluding hydrogens is 226 g/mol. The van der Waals surface area contributed by atoms with Gasteiger partial charge in [-0.3, -0.25) is 4.79 Å². The molecule has 0 aliphatic heterocycles. The largest absolute Gasteiger partial charge is 0.321 e. The average Bonchev–Trinajstić information content (AvgIpc) is 2.19. The van der Waals surface area contributed by atoms with E-state index in [1.807, 2.05) is 4.98 Å². The van der Waals surface area contributed by atoms with Crippen LogP contribution in [0.1, 0.15) is 23.2 Å². The first-order valence-corrected chi connectivity index (χ1v) is 4.59. The van der Waals surface area contributed by atoms with E-state index in [-0.39, 0.29) is 23.4 Å². The Labute approximate surface area is 89.3 Å². The molecule has 0 aromatic carbocycles. The molecule has 1 rings (SSSR count). The summed E-state index contributed by atoms with van der Waals surface area (Å²) < 4.78 is 25.0. The topological polar surface area (TPSA) is 56.6 Å². The number of nitrogens with zero attached hydrogens (tertiary/aromatic N) is 1. The number of halogens is 3. The zero-order valence-electron chi connectivity index (χ0n) is 7.56. The molecular formula is C9H7ClF2N2O. The van der Waals surface area contributed by atoms with Crippen molar-refractivity contribution in [2.45, 2.75) is 18.7 Å². The molecule has 0 saturated carbocycles. The monoisotopic (exact) mass is 232 g/mol. The molecule has 80 valence electrons. The number of aromatic nitrogens is 1. The Hall–Kier alpha value is -1.41. The van der Waals surface area contributed by atoms with E-state index in [1.165, 1.54) is 0 Å². The second kappa shape index (κ2) is 4.89. The second-order valence-corrected chi connectivity index (χ2v) is 3.09. The average molecular weight is 233 g/mol. The van der Waals surface area contributed by atoms with Crippen LogP contribution in [0.3, 0.4) is 0 Å². The van der Waals surface area contributed by atoms with Gasteiger partial charge in [-0.25, -0.2) is 8.78 Å². The molecule has 1 N–H and O–H groups in total. The summed E-state index contributed by atoms with van der Waals surface area (Å²) >= 11 is 5.51. The third-order valence-electron chi connectivity index (χ3n) is 1.89. The van der Waals surface area contributed by atoms with Crippen molar-refractivity contribution in [3.05, 3.63) is 33.2 Å². The molecule has 1 aromatic rings. The summed E-state index contributed by atoms with van der Waals surface area (Å²) in [4.78, 5) is 13.0. The predicted octanol–water partition coefficient (Wildman–Crippen LogP) is 2.12. The van der Waals surface area contributed by atoms with Crippen molar-refractivity contribution >= 4 is 11.6 Å². The van der Waals surface area contributed by atoms with E-state index < -0.39 is 17.7 Å². The van der Waals surface area contributed by atoms with Crippen molar-refractivity contribution < 1.29 is 8.78 Å². The van der Waals surface area contributed by atoms with Gasteiger partial charge in [-0.05, 0) is 11.1 Å². The molecule has 3 nitrogen and oxygen atoms in total. The molecule has 0 unspecified atom stereocenters. The summed E-state index contributed by atoms with van der Waals surface area (Å²) in [5.41, 5.74) is -0.762. The molecule has 1 aromatic heterocycles. The number of H-pyrrole nitrogens is 1. The van der Waals surface area contributed by atoms with Crippen LogP contribution in [0.5, 0.6) is 0 Å². The van der Waals surface area contributed by atoms with E-state index in [0.717, 1.165) is 6.07 Å². The maximum atomic E-state index is 12.5. The van der Waals surface area contributed by atoms with Gasteiger partial charge in [0.2, 0.25) is 5.56 Å². The van der Waals surface area contributed by atoms with Crippen LogP contribution in [0.15, 0.2) is 10.9 Å². The SMILES string of the molecule is N#CCc1c(CCl)cc(=O)[nH]c1C(F)F. The van der Waals surface area contributed by atoms with Crippen LogP contribution in [-0.2, 0) is 12.3 Å². The molecule has 0 bridgehead atoms. The zero-order chi connectivity index (χ0) is 11.4. The minimum Gasteiger partial charge on any atom is -0.321 e. The van der Waals surface area contributed by atoms with Crippen molar-refractivity contribution in [3.8, 4) is 6.07 Å². The molecule has 1 heterocycles. The van der Waals surface area contributed by atoms with E-state index in [4.69, 9.17) is 16.9 Å². The Balaban J connectivity index is 3.41. The molecule has 0 radical (unpaired) electrons. The number of pyridine rings is 1. The molecule has 0 saturated heterocycles. The number of nitriles is 1. The second-order valence-electron chi connectivity index (χ2n) is 2.82. The highest BCUT2D eigenvalue weighted by Crippen LogP contribution is 2.23. The number of rotatable bonds is 3. The van der Waals surface area contributed by atoms with Gasteiger partial charge in [-0.2, -0.15) is 5.26 Å². The van der Waals surface area contributed by atoms with Gasteiger partial charge < -0.3 is 4.98 Å². The van der Waals surface area contributed by atoms with Crippen LogP contribution < -0.4 is 5.56 Å². The fraction of sp³-hybridized carbons (Fsp3) is 0.333. The highest BCUT2D eigenvalue weighted by atomic mass is 35.5. The lowest BCUT2D eigenvalue weighted by atomic mass is 10.1. The lowest BCUT2D eigenvalue weighted by Gasteiger charge is -2.09. The van der Waals surface area contributed by atoms with Gasteiger partial charge in [0.25, 0.3) is 6.43 Å². The summed E-state index contributed by atoms with van der Waals surface area (Å²) in [6.45, 7) is 0. The van der Waals surface area contributed by atoms with E-state index >= 15 is 0 Å². The van der Waals surface area contributed by atoms with Crippen molar-refractivity contribution in [2.24, 2.45) is 0 Å². The summed E-state index contributed by atoms with van der Waals surface area (Å²) in [5, 5.41) is 8.49. The van der Waals surface area contributed by atoms with Crippen LogP contribution in [0.25, 0.3) is 0 Å². The minimum atomic E-state index is -2.82. The van der Waals surface area contributed by atoms with Gasteiger partial charge in [0.05, 0.1) is 18.2 Å². The Morgan fingerprint density at radius 3 is 2.73 bits per heavy atom. The van der Waals surface area contributed by atoms with Crippen molar-refractivity contribution in [1.82, 2.24) is 4.98 Å². The van der Waals surface area contributed by atoms with E-state index in [1.54, 1.807) is 6.07 Å². The van der Waals surface area contributed by atoms with Crippen LogP contribution in [-0.4, -0.2) is 4.98 Å². The highest BCUT2D eigenvalue weighted by molar-refractivity contribution is 6.17. The summed E-state index contributed by atoms with van der Waals surface area (Å²) in [6.07, 6.45) is -3.01. The summed E-state index contributed by atoms with van der Waals surface area (Å²) in [6, 6.07) is 2.89. The maximum absolute atomic E-state index is 12.5. The minimum absolute atomic E-state index is 0.0688.